The summed E-state index contributed by atoms with van der Waals surface area (Å²) in [6, 6.07) is 31.3. The van der Waals surface area contributed by atoms with Gasteiger partial charge in [-0.2, -0.15) is 0 Å². The minimum Gasteiger partial charge on any atom is -0.311 e. The summed E-state index contributed by atoms with van der Waals surface area (Å²) in [6.07, 6.45) is 7.29. The second-order valence-electron chi connectivity index (χ2n) is 28.9. The summed E-state index contributed by atoms with van der Waals surface area (Å²) < 4.78 is 2.94. The molecule has 3 heterocycles. The molecule has 0 amide bonds. The number of thiophene rings is 1. The zero-order valence-electron chi connectivity index (χ0n) is 46.7. The van der Waals surface area contributed by atoms with Crippen molar-refractivity contribution >= 4 is 78.0 Å². The number of hydrogen-bond donors (Lipinski definition) is 0. The summed E-state index contributed by atoms with van der Waals surface area (Å²) in [5.74, 6) is 1.11. The standard InChI is InChI=1S/C66H83BN2S/c1-38-20-21-39(2)46-35-56-47(34-45(38)46)58-59(70-56)67-52-36-50-51(66(18,19)27-26-65(50,16)17)37-53(52)68(44-29-40(60(3,4)5)28-41(30-44)61(6,7)8)54-31-42(62(9,10)11)32-55(57(54)67)69(58)43-22-23-48-49(33-43)64(14,15)25-24-63(48,12)13/h22-23,28-39H,20-21,24-27H2,1-19H3. The highest BCUT2D eigenvalue weighted by atomic mass is 32.1. The van der Waals surface area contributed by atoms with E-state index in [2.05, 4.69) is 225 Å². The van der Waals surface area contributed by atoms with E-state index in [1.165, 1.54) is 132 Å². The lowest BCUT2D eigenvalue weighted by Gasteiger charge is -2.48. The van der Waals surface area contributed by atoms with Gasteiger partial charge in [-0.05, 0) is 204 Å². The largest absolute Gasteiger partial charge is 0.311 e. The molecule has 2 aliphatic heterocycles. The Morgan fingerprint density at radius 1 is 0.486 bits per heavy atom. The van der Waals surface area contributed by atoms with Crippen molar-refractivity contribution in [3.05, 3.63) is 123 Å². The number of nitrogens with zero attached hydrogens (tertiary/aromatic N) is 2. The Morgan fingerprint density at radius 2 is 0.957 bits per heavy atom. The topological polar surface area (TPSA) is 6.48 Å². The summed E-state index contributed by atoms with van der Waals surface area (Å²) >= 11 is 2.10. The van der Waals surface area contributed by atoms with Crippen LogP contribution in [0.15, 0.2) is 72.8 Å². The first-order valence-electron chi connectivity index (χ1n) is 27.3. The van der Waals surface area contributed by atoms with Crippen molar-refractivity contribution in [2.45, 2.75) is 220 Å². The Labute approximate surface area is 428 Å². The van der Waals surface area contributed by atoms with Crippen LogP contribution in [0.1, 0.15) is 232 Å². The molecule has 11 rings (SSSR count). The van der Waals surface area contributed by atoms with Crippen LogP contribution >= 0.6 is 11.3 Å². The van der Waals surface area contributed by atoms with Gasteiger partial charge in [0.2, 0.25) is 0 Å². The van der Waals surface area contributed by atoms with Gasteiger partial charge in [0, 0.05) is 43.3 Å². The number of hydrogen-bond acceptors (Lipinski definition) is 3. The summed E-state index contributed by atoms with van der Waals surface area (Å²) in [7, 11) is 0. The van der Waals surface area contributed by atoms with Gasteiger partial charge < -0.3 is 9.80 Å². The van der Waals surface area contributed by atoms with E-state index in [1.54, 1.807) is 16.7 Å². The number of fused-ring (bicyclic) bond motifs is 9. The fraction of sp³-hybridized carbons (Fsp3) is 0.515. The van der Waals surface area contributed by atoms with Crippen molar-refractivity contribution in [1.82, 2.24) is 0 Å². The molecule has 6 aromatic rings. The van der Waals surface area contributed by atoms with Gasteiger partial charge in [-0.25, -0.2) is 0 Å². The van der Waals surface area contributed by atoms with Crippen LogP contribution in [-0.2, 0) is 37.9 Å². The third-order valence-corrected chi connectivity index (χ3v) is 20.0. The van der Waals surface area contributed by atoms with E-state index in [-0.39, 0.29) is 44.6 Å². The van der Waals surface area contributed by atoms with Crippen molar-refractivity contribution in [2.75, 3.05) is 9.80 Å². The second kappa shape index (κ2) is 15.1. The fourth-order valence-corrected chi connectivity index (χ4v) is 14.9. The lowest BCUT2D eigenvalue weighted by atomic mass is 9.35. The monoisotopic (exact) mass is 947 g/mol. The maximum absolute atomic E-state index is 2.79. The average molecular weight is 947 g/mol. The molecule has 5 aromatic carbocycles. The van der Waals surface area contributed by atoms with Crippen LogP contribution in [0.2, 0.25) is 0 Å². The zero-order valence-corrected chi connectivity index (χ0v) is 47.5. The van der Waals surface area contributed by atoms with Gasteiger partial charge in [-0.3, -0.25) is 0 Å². The van der Waals surface area contributed by atoms with E-state index in [9.17, 15) is 0 Å². The van der Waals surface area contributed by atoms with Crippen molar-refractivity contribution in [1.29, 1.82) is 0 Å². The Hall–Kier alpha value is -4.28. The van der Waals surface area contributed by atoms with Crippen LogP contribution < -0.4 is 25.5 Å². The van der Waals surface area contributed by atoms with Crippen molar-refractivity contribution in [3.63, 3.8) is 0 Å². The van der Waals surface area contributed by atoms with Gasteiger partial charge in [0.25, 0.3) is 6.71 Å². The predicted octanol–water partition coefficient (Wildman–Crippen LogP) is 17.6. The molecular formula is C66H83BN2S. The molecule has 2 nitrogen and oxygen atoms in total. The summed E-state index contributed by atoms with van der Waals surface area (Å²) in [6.45, 7) is 46.6. The van der Waals surface area contributed by atoms with Crippen molar-refractivity contribution < 1.29 is 0 Å². The predicted molar refractivity (Wildman–Crippen MR) is 309 cm³/mol. The van der Waals surface area contributed by atoms with Gasteiger partial charge >= 0.3 is 0 Å². The van der Waals surface area contributed by atoms with Gasteiger partial charge in [0.15, 0.2) is 0 Å². The van der Waals surface area contributed by atoms with Gasteiger partial charge in [0.05, 0.1) is 5.69 Å². The molecule has 4 heteroatoms. The van der Waals surface area contributed by atoms with Crippen LogP contribution in [-0.4, -0.2) is 6.71 Å². The lowest BCUT2D eigenvalue weighted by molar-refractivity contribution is 0.332. The zero-order chi connectivity index (χ0) is 50.4. The average Bonchev–Trinajstić information content (AvgIpc) is 3.64. The molecule has 70 heavy (non-hydrogen) atoms. The van der Waals surface area contributed by atoms with E-state index in [1.807, 2.05) is 0 Å². The highest BCUT2D eigenvalue weighted by molar-refractivity contribution is 7.33. The minimum atomic E-state index is -0.103. The Bertz CT molecular complexity index is 3140. The minimum absolute atomic E-state index is 0.0303. The third-order valence-electron chi connectivity index (χ3n) is 18.8. The normalized spacial score (nSPS) is 21.7. The van der Waals surface area contributed by atoms with Crippen molar-refractivity contribution in [2.24, 2.45) is 0 Å². The Balaban J connectivity index is 1.32. The van der Waals surface area contributed by atoms with Crippen LogP contribution in [0.25, 0.3) is 10.1 Å². The molecule has 0 bridgehead atoms. The Morgan fingerprint density at radius 3 is 1.50 bits per heavy atom. The molecule has 0 saturated carbocycles. The molecule has 5 aliphatic rings. The quantitative estimate of drug-likeness (QED) is 0.159. The molecule has 2 unspecified atom stereocenters. The number of rotatable bonds is 2. The smallest absolute Gasteiger partial charge is 0.264 e. The molecule has 366 valence electrons. The van der Waals surface area contributed by atoms with Crippen LogP contribution in [0.3, 0.4) is 0 Å². The van der Waals surface area contributed by atoms with Gasteiger partial charge in [-0.15, -0.1) is 11.3 Å². The van der Waals surface area contributed by atoms with E-state index in [0.29, 0.717) is 11.8 Å². The fourth-order valence-electron chi connectivity index (χ4n) is 13.6. The van der Waals surface area contributed by atoms with Gasteiger partial charge in [-0.1, -0.05) is 150 Å². The molecule has 0 saturated heterocycles. The maximum Gasteiger partial charge on any atom is 0.264 e. The maximum atomic E-state index is 2.79. The molecular weight excluding hydrogens is 864 g/mol. The molecule has 0 N–H and O–H groups in total. The first-order valence-corrected chi connectivity index (χ1v) is 28.1. The second-order valence-corrected chi connectivity index (χ2v) is 30.0. The highest BCUT2D eigenvalue weighted by Crippen LogP contribution is 2.55. The Kier molecular flexibility index (Phi) is 10.4. The molecule has 3 aliphatic carbocycles. The third kappa shape index (κ3) is 7.27. The summed E-state index contributed by atoms with van der Waals surface area (Å²) in [4.78, 5) is 5.56. The van der Waals surface area contributed by atoms with Crippen LogP contribution in [0.4, 0.5) is 34.1 Å². The summed E-state index contributed by atoms with van der Waals surface area (Å²) in [5.41, 5.74) is 24.5. The molecule has 2 atom stereocenters. The molecule has 0 radical (unpaired) electrons. The number of benzene rings is 5. The van der Waals surface area contributed by atoms with Gasteiger partial charge in [0.1, 0.15) is 0 Å². The molecule has 0 spiro atoms. The molecule has 1 aromatic heterocycles. The van der Waals surface area contributed by atoms with Crippen LogP contribution in [0, 0.1) is 0 Å². The van der Waals surface area contributed by atoms with Crippen molar-refractivity contribution in [3.8, 4) is 0 Å². The number of anilines is 6. The first kappa shape index (κ1) is 48.0. The van der Waals surface area contributed by atoms with E-state index in [0.717, 1.165) is 0 Å². The lowest BCUT2D eigenvalue weighted by Crippen LogP contribution is -2.61. The SMILES string of the molecule is CC1CCC(C)c2cc3c4c(sc3cc21)B1c2cc3c(cc2N(c2cc(C(C)(C)C)cc(C(C)(C)C)c2)c2cc(C(C)(C)C)cc(c21)N4c1ccc2c(c1)C(C)(C)CCC2(C)C)C(C)(C)CCC3(C)C. The van der Waals surface area contributed by atoms with E-state index < -0.39 is 0 Å². The summed E-state index contributed by atoms with van der Waals surface area (Å²) in [5, 5.41) is 1.43. The van der Waals surface area contributed by atoms with E-state index in [4.69, 9.17) is 0 Å². The highest BCUT2D eigenvalue weighted by Gasteiger charge is 2.49. The van der Waals surface area contributed by atoms with E-state index >= 15 is 0 Å². The molecule has 0 fully saturated rings. The van der Waals surface area contributed by atoms with Crippen LogP contribution in [0.5, 0.6) is 0 Å². The first-order chi connectivity index (χ1) is 32.4.